The van der Waals surface area contributed by atoms with Crippen LogP contribution >= 0.6 is 0 Å². The van der Waals surface area contributed by atoms with Crippen molar-refractivity contribution in [2.24, 2.45) is 17.7 Å². The monoisotopic (exact) mass is 311 g/mol. The van der Waals surface area contributed by atoms with Crippen LogP contribution < -0.4 is 16.0 Å². The molecule has 2 atom stereocenters. The summed E-state index contributed by atoms with van der Waals surface area (Å²) in [4.78, 5) is 0.199. The summed E-state index contributed by atoms with van der Waals surface area (Å²) in [5.41, 5.74) is 2.84. The molecule has 0 heterocycles. The Hall–Kier alpha value is -1.11. The summed E-state index contributed by atoms with van der Waals surface area (Å²) in [6, 6.07) is 6.65. The molecule has 1 aliphatic carbocycles. The van der Waals surface area contributed by atoms with E-state index in [-0.39, 0.29) is 4.90 Å². The van der Waals surface area contributed by atoms with Gasteiger partial charge in [0.05, 0.1) is 5.69 Å². The van der Waals surface area contributed by atoms with Gasteiger partial charge in [0.2, 0.25) is 10.0 Å². The van der Waals surface area contributed by atoms with E-state index in [1.165, 1.54) is 25.7 Å². The highest BCUT2D eigenvalue weighted by atomic mass is 32.2. The van der Waals surface area contributed by atoms with Crippen molar-refractivity contribution in [1.29, 1.82) is 0 Å². The number of para-hydroxylation sites is 1. The van der Waals surface area contributed by atoms with Crippen molar-refractivity contribution < 1.29 is 8.42 Å². The topological polar surface area (TPSA) is 84.2 Å². The average Bonchev–Trinajstić information content (AvgIpc) is 2.47. The van der Waals surface area contributed by atoms with Crippen LogP contribution in [0.2, 0.25) is 0 Å². The molecule has 2 rings (SSSR count). The van der Waals surface area contributed by atoms with Gasteiger partial charge in [0.15, 0.2) is 0 Å². The fourth-order valence-corrected chi connectivity index (χ4v) is 4.33. The predicted octanol–water partition coefficient (Wildman–Crippen LogP) is 2.47. The second-order valence-electron chi connectivity index (χ2n) is 5.96. The Balaban J connectivity index is 1.92. The van der Waals surface area contributed by atoms with Crippen LogP contribution in [0.3, 0.4) is 0 Å². The van der Waals surface area contributed by atoms with Crippen molar-refractivity contribution in [2.75, 3.05) is 12.0 Å². The van der Waals surface area contributed by atoms with Crippen molar-refractivity contribution in [1.82, 2.24) is 4.72 Å². The van der Waals surface area contributed by atoms with E-state index < -0.39 is 10.0 Å². The average molecular weight is 311 g/mol. The SMILES string of the molecule is CC1CCCC(CCNS(=O)(=O)c2ccccc2NN)C1. The maximum Gasteiger partial charge on any atom is 0.242 e. The van der Waals surface area contributed by atoms with E-state index in [0.717, 1.165) is 12.3 Å². The number of benzene rings is 1. The lowest BCUT2D eigenvalue weighted by molar-refractivity contribution is 0.271. The molecule has 118 valence electrons. The Morgan fingerprint density at radius 2 is 2.05 bits per heavy atom. The molecular formula is C15H25N3O2S. The number of nitrogens with one attached hydrogen (secondary N) is 2. The molecule has 4 N–H and O–H groups in total. The standard InChI is InChI=1S/C15H25N3O2S/c1-12-5-4-6-13(11-12)9-10-17-21(19,20)15-8-3-2-7-14(15)18-16/h2-3,7-8,12-13,17-18H,4-6,9-11,16H2,1H3. The van der Waals surface area contributed by atoms with Gasteiger partial charge in [-0.05, 0) is 36.8 Å². The van der Waals surface area contributed by atoms with Gasteiger partial charge in [0.25, 0.3) is 0 Å². The third-order valence-electron chi connectivity index (χ3n) is 4.22. The predicted molar refractivity (Wildman–Crippen MR) is 85.2 cm³/mol. The summed E-state index contributed by atoms with van der Waals surface area (Å²) in [5, 5.41) is 0. The first-order valence-electron chi connectivity index (χ1n) is 7.58. The Morgan fingerprint density at radius 1 is 1.29 bits per heavy atom. The summed E-state index contributed by atoms with van der Waals surface area (Å²) < 4.78 is 27.3. The minimum atomic E-state index is -3.51. The molecule has 1 fully saturated rings. The first-order chi connectivity index (χ1) is 10.0. The summed E-state index contributed by atoms with van der Waals surface area (Å²) >= 11 is 0. The third-order valence-corrected chi connectivity index (χ3v) is 5.74. The number of hydrazine groups is 1. The normalized spacial score (nSPS) is 23.0. The van der Waals surface area contributed by atoms with Gasteiger partial charge in [-0.25, -0.2) is 13.1 Å². The molecule has 1 aromatic carbocycles. The highest BCUT2D eigenvalue weighted by Crippen LogP contribution is 2.30. The number of anilines is 1. The van der Waals surface area contributed by atoms with Gasteiger partial charge >= 0.3 is 0 Å². The lowest BCUT2D eigenvalue weighted by Gasteiger charge is -2.26. The molecule has 2 unspecified atom stereocenters. The number of rotatable bonds is 6. The van der Waals surface area contributed by atoms with Crippen LogP contribution in [0.15, 0.2) is 29.2 Å². The molecule has 0 spiro atoms. The van der Waals surface area contributed by atoms with E-state index in [2.05, 4.69) is 17.1 Å². The molecule has 1 aliphatic rings. The van der Waals surface area contributed by atoms with Gasteiger partial charge in [0, 0.05) is 6.54 Å². The van der Waals surface area contributed by atoms with E-state index in [4.69, 9.17) is 5.84 Å². The van der Waals surface area contributed by atoms with E-state index in [1.54, 1.807) is 24.3 Å². The number of hydrogen-bond acceptors (Lipinski definition) is 4. The molecule has 1 aromatic rings. The molecule has 0 aliphatic heterocycles. The zero-order chi connectivity index (χ0) is 15.3. The molecule has 0 bridgehead atoms. The second kappa shape index (κ2) is 7.24. The van der Waals surface area contributed by atoms with Crippen LogP contribution in [0.4, 0.5) is 5.69 Å². The first-order valence-corrected chi connectivity index (χ1v) is 9.06. The third kappa shape index (κ3) is 4.43. The zero-order valence-electron chi connectivity index (χ0n) is 12.5. The highest BCUT2D eigenvalue weighted by Gasteiger charge is 2.21. The van der Waals surface area contributed by atoms with Crippen molar-refractivity contribution in [2.45, 2.75) is 43.9 Å². The van der Waals surface area contributed by atoms with E-state index in [0.29, 0.717) is 18.2 Å². The lowest BCUT2D eigenvalue weighted by Crippen LogP contribution is -2.28. The summed E-state index contributed by atoms with van der Waals surface area (Å²) in [7, 11) is -3.51. The summed E-state index contributed by atoms with van der Waals surface area (Å²) in [5.74, 6) is 6.77. The lowest BCUT2D eigenvalue weighted by atomic mass is 9.81. The second-order valence-corrected chi connectivity index (χ2v) is 7.70. The Labute approximate surface area is 127 Å². The molecule has 21 heavy (non-hydrogen) atoms. The van der Waals surface area contributed by atoms with Gasteiger partial charge in [-0.1, -0.05) is 38.3 Å². The maximum absolute atomic E-state index is 12.3. The van der Waals surface area contributed by atoms with Crippen molar-refractivity contribution >= 4 is 15.7 Å². The van der Waals surface area contributed by atoms with Gasteiger partial charge in [-0.2, -0.15) is 0 Å². The maximum atomic E-state index is 12.3. The van der Waals surface area contributed by atoms with Crippen LogP contribution in [0, 0.1) is 11.8 Å². The van der Waals surface area contributed by atoms with Crippen LogP contribution in [0.25, 0.3) is 0 Å². The fraction of sp³-hybridized carbons (Fsp3) is 0.600. The molecule has 0 radical (unpaired) electrons. The number of hydrogen-bond donors (Lipinski definition) is 3. The minimum Gasteiger partial charge on any atom is -0.323 e. The minimum absolute atomic E-state index is 0.199. The van der Waals surface area contributed by atoms with Crippen molar-refractivity contribution in [3.8, 4) is 0 Å². The van der Waals surface area contributed by atoms with Crippen LogP contribution in [-0.2, 0) is 10.0 Å². The molecular weight excluding hydrogens is 286 g/mol. The van der Waals surface area contributed by atoms with Crippen molar-refractivity contribution in [3.05, 3.63) is 24.3 Å². The number of sulfonamides is 1. The summed E-state index contributed by atoms with van der Waals surface area (Å²) in [6.07, 6.45) is 5.90. The van der Waals surface area contributed by atoms with Gasteiger partial charge in [-0.3, -0.25) is 5.84 Å². The van der Waals surface area contributed by atoms with E-state index in [9.17, 15) is 8.42 Å². The molecule has 1 saturated carbocycles. The quantitative estimate of drug-likeness (QED) is 0.556. The van der Waals surface area contributed by atoms with Gasteiger partial charge < -0.3 is 5.43 Å². The van der Waals surface area contributed by atoms with Crippen LogP contribution in [0.1, 0.15) is 39.0 Å². The zero-order valence-corrected chi connectivity index (χ0v) is 13.3. The van der Waals surface area contributed by atoms with Crippen LogP contribution in [0.5, 0.6) is 0 Å². The van der Waals surface area contributed by atoms with Crippen LogP contribution in [-0.4, -0.2) is 15.0 Å². The fourth-order valence-electron chi connectivity index (χ4n) is 3.12. The molecule has 0 amide bonds. The first kappa shape index (κ1) is 16.3. The van der Waals surface area contributed by atoms with Gasteiger partial charge in [0.1, 0.15) is 4.90 Å². The largest absolute Gasteiger partial charge is 0.323 e. The number of nitrogens with two attached hydrogens (primary N) is 1. The molecule has 5 nitrogen and oxygen atoms in total. The highest BCUT2D eigenvalue weighted by molar-refractivity contribution is 7.89. The Morgan fingerprint density at radius 3 is 2.76 bits per heavy atom. The Kier molecular flexibility index (Phi) is 5.61. The Bertz CT molecular complexity index is 560. The van der Waals surface area contributed by atoms with Crippen molar-refractivity contribution in [3.63, 3.8) is 0 Å². The van der Waals surface area contributed by atoms with E-state index in [1.807, 2.05) is 0 Å². The number of nitrogen functional groups attached to an aromatic ring is 1. The summed E-state index contributed by atoms with van der Waals surface area (Å²) in [6.45, 7) is 2.76. The van der Waals surface area contributed by atoms with Gasteiger partial charge in [-0.15, -0.1) is 0 Å². The molecule has 0 saturated heterocycles. The molecule has 6 heteroatoms. The van der Waals surface area contributed by atoms with E-state index >= 15 is 0 Å². The molecule has 0 aromatic heterocycles. The smallest absolute Gasteiger partial charge is 0.242 e.